The van der Waals surface area contributed by atoms with Crippen LogP contribution in [0.25, 0.3) is 11.2 Å². The van der Waals surface area contributed by atoms with Crippen LogP contribution in [0.5, 0.6) is 0 Å². The van der Waals surface area contributed by atoms with Gasteiger partial charge in [0.1, 0.15) is 11.3 Å². The van der Waals surface area contributed by atoms with Gasteiger partial charge in [0.05, 0.1) is 26.2 Å². The first-order valence-corrected chi connectivity index (χ1v) is 6.77. The highest BCUT2D eigenvalue weighted by atomic mass is 16.5. The molecule has 110 valence electrons. The molecule has 0 amide bonds. The lowest BCUT2D eigenvalue weighted by molar-refractivity contribution is -0.144. The van der Waals surface area contributed by atoms with Crippen molar-refractivity contribution in [3.8, 4) is 0 Å². The molecule has 1 saturated heterocycles. The van der Waals surface area contributed by atoms with E-state index in [2.05, 4.69) is 24.6 Å². The Morgan fingerprint density at radius 1 is 1.43 bits per heavy atom. The second-order valence-corrected chi connectivity index (χ2v) is 4.79. The van der Waals surface area contributed by atoms with Crippen molar-refractivity contribution >= 4 is 23.0 Å². The zero-order chi connectivity index (χ0) is 14.7. The van der Waals surface area contributed by atoms with E-state index in [1.165, 1.54) is 7.11 Å². The summed E-state index contributed by atoms with van der Waals surface area (Å²) >= 11 is 0. The van der Waals surface area contributed by atoms with Gasteiger partial charge in [0.15, 0.2) is 5.65 Å². The summed E-state index contributed by atoms with van der Waals surface area (Å²) < 4.78 is 10.3. The molecule has 0 N–H and O–H groups in total. The number of carbonyl (C=O) groups excluding carboxylic acids is 1. The molecule has 2 aromatic heterocycles. The fraction of sp³-hybridized carbons (Fsp3) is 0.429. The third-order valence-electron chi connectivity index (χ3n) is 3.40. The molecule has 0 aromatic carbocycles. The van der Waals surface area contributed by atoms with Gasteiger partial charge in [-0.1, -0.05) is 0 Å². The molecule has 0 saturated carbocycles. The largest absolute Gasteiger partial charge is 0.469 e. The number of methoxy groups -OCH3 is 1. The second kappa shape index (κ2) is 6.01. The van der Waals surface area contributed by atoms with E-state index in [4.69, 9.17) is 4.74 Å². The van der Waals surface area contributed by atoms with Crippen LogP contribution in [0.3, 0.4) is 0 Å². The average molecular weight is 288 g/mol. The predicted molar refractivity (Wildman–Crippen MR) is 75.9 cm³/mol. The number of carbonyl (C=O) groups is 1. The van der Waals surface area contributed by atoms with Crippen molar-refractivity contribution in [1.82, 2.24) is 15.0 Å². The Morgan fingerprint density at radius 2 is 2.29 bits per heavy atom. The number of rotatable bonds is 3. The van der Waals surface area contributed by atoms with E-state index >= 15 is 0 Å². The number of hydrogen-bond acceptors (Lipinski definition) is 7. The number of pyridine rings is 1. The standard InChI is InChI=1S/C14H16N4O3/c1-20-13(19)8-10-9-18(6-7-21-10)12-3-2-11-14(17-12)16-5-4-15-11/h2-5,10H,6-9H2,1H3. The zero-order valence-electron chi connectivity index (χ0n) is 11.7. The molecule has 0 radical (unpaired) electrons. The van der Waals surface area contributed by atoms with Crippen LogP contribution in [-0.4, -0.2) is 53.8 Å². The molecule has 1 aliphatic rings. The van der Waals surface area contributed by atoms with E-state index in [-0.39, 0.29) is 18.5 Å². The summed E-state index contributed by atoms with van der Waals surface area (Å²) in [5.74, 6) is 0.556. The molecular formula is C14H16N4O3. The van der Waals surface area contributed by atoms with Gasteiger partial charge in [0.2, 0.25) is 0 Å². The van der Waals surface area contributed by atoms with Crippen molar-refractivity contribution in [3.05, 3.63) is 24.5 Å². The van der Waals surface area contributed by atoms with Crippen LogP contribution >= 0.6 is 0 Å². The van der Waals surface area contributed by atoms with Gasteiger partial charge < -0.3 is 14.4 Å². The highest BCUT2D eigenvalue weighted by molar-refractivity contribution is 5.72. The van der Waals surface area contributed by atoms with E-state index in [1.807, 2.05) is 12.1 Å². The number of aromatic nitrogens is 3. The Hall–Kier alpha value is -2.28. The molecule has 2 aromatic rings. The van der Waals surface area contributed by atoms with Crippen LogP contribution in [0.2, 0.25) is 0 Å². The quantitative estimate of drug-likeness (QED) is 0.773. The van der Waals surface area contributed by atoms with Crippen LogP contribution in [-0.2, 0) is 14.3 Å². The number of esters is 1. The molecule has 1 unspecified atom stereocenters. The van der Waals surface area contributed by atoms with Crippen LogP contribution in [0, 0.1) is 0 Å². The molecule has 21 heavy (non-hydrogen) atoms. The lowest BCUT2D eigenvalue weighted by atomic mass is 10.2. The van der Waals surface area contributed by atoms with Crippen molar-refractivity contribution in [2.45, 2.75) is 12.5 Å². The molecule has 0 spiro atoms. The number of fused-ring (bicyclic) bond motifs is 1. The van der Waals surface area contributed by atoms with Crippen LogP contribution in [0.1, 0.15) is 6.42 Å². The minimum atomic E-state index is -0.265. The monoisotopic (exact) mass is 288 g/mol. The van der Waals surface area contributed by atoms with Crippen molar-refractivity contribution in [1.29, 1.82) is 0 Å². The SMILES string of the molecule is COC(=O)CC1CN(c2ccc3nccnc3n2)CCO1. The predicted octanol–water partition coefficient (Wildman–Crippen LogP) is 0.793. The third kappa shape index (κ3) is 3.08. The molecule has 1 aliphatic heterocycles. The van der Waals surface area contributed by atoms with Crippen molar-refractivity contribution in [2.24, 2.45) is 0 Å². The Balaban J connectivity index is 1.76. The maximum absolute atomic E-state index is 11.3. The number of morpholine rings is 1. The smallest absolute Gasteiger partial charge is 0.308 e. The summed E-state index contributed by atoms with van der Waals surface area (Å²) in [4.78, 5) is 26.4. The van der Waals surface area contributed by atoms with Crippen molar-refractivity contribution in [2.75, 3.05) is 31.7 Å². The van der Waals surface area contributed by atoms with Crippen LogP contribution < -0.4 is 4.90 Å². The fourth-order valence-corrected chi connectivity index (χ4v) is 2.34. The van der Waals surface area contributed by atoms with Gasteiger partial charge in [-0.25, -0.2) is 9.97 Å². The Bertz CT molecular complexity index is 649. The minimum absolute atomic E-state index is 0.175. The first kappa shape index (κ1) is 13.7. The fourth-order valence-electron chi connectivity index (χ4n) is 2.34. The Labute approximate surface area is 121 Å². The van der Waals surface area contributed by atoms with Crippen LogP contribution in [0.15, 0.2) is 24.5 Å². The molecule has 3 rings (SSSR count). The van der Waals surface area contributed by atoms with E-state index in [0.717, 1.165) is 17.9 Å². The van der Waals surface area contributed by atoms with Gasteiger partial charge in [-0.3, -0.25) is 9.78 Å². The number of nitrogens with zero attached hydrogens (tertiary/aromatic N) is 4. The summed E-state index contributed by atoms with van der Waals surface area (Å²) in [5.41, 5.74) is 1.38. The molecule has 3 heterocycles. The first-order chi connectivity index (χ1) is 10.3. The zero-order valence-corrected chi connectivity index (χ0v) is 11.7. The van der Waals surface area contributed by atoms with E-state index in [1.54, 1.807) is 12.4 Å². The molecular weight excluding hydrogens is 272 g/mol. The number of ether oxygens (including phenoxy) is 2. The summed E-state index contributed by atoms with van der Waals surface area (Å²) in [6.07, 6.45) is 3.34. The minimum Gasteiger partial charge on any atom is -0.469 e. The third-order valence-corrected chi connectivity index (χ3v) is 3.40. The van der Waals surface area contributed by atoms with E-state index in [0.29, 0.717) is 18.8 Å². The lowest BCUT2D eigenvalue weighted by Gasteiger charge is -2.33. The molecule has 0 bridgehead atoms. The topological polar surface area (TPSA) is 77.4 Å². The molecule has 1 atom stereocenters. The molecule has 7 heteroatoms. The number of hydrogen-bond donors (Lipinski definition) is 0. The summed E-state index contributed by atoms with van der Waals surface area (Å²) in [6, 6.07) is 3.81. The summed E-state index contributed by atoms with van der Waals surface area (Å²) in [6.45, 7) is 1.89. The highest BCUT2D eigenvalue weighted by Crippen LogP contribution is 2.19. The Kier molecular flexibility index (Phi) is 3.92. The first-order valence-electron chi connectivity index (χ1n) is 6.77. The van der Waals surface area contributed by atoms with Gasteiger partial charge in [-0.15, -0.1) is 0 Å². The van der Waals surface area contributed by atoms with Crippen molar-refractivity contribution in [3.63, 3.8) is 0 Å². The molecule has 0 aliphatic carbocycles. The average Bonchev–Trinajstić information content (AvgIpc) is 2.54. The lowest BCUT2D eigenvalue weighted by Crippen LogP contribution is -2.43. The van der Waals surface area contributed by atoms with Crippen LogP contribution in [0.4, 0.5) is 5.82 Å². The van der Waals surface area contributed by atoms with Gasteiger partial charge in [-0.2, -0.15) is 0 Å². The maximum Gasteiger partial charge on any atom is 0.308 e. The van der Waals surface area contributed by atoms with Crippen molar-refractivity contribution < 1.29 is 14.3 Å². The number of anilines is 1. The highest BCUT2D eigenvalue weighted by Gasteiger charge is 2.24. The van der Waals surface area contributed by atoms with Gasteiger partial charge in [0, 0.05) is 25.5 Å². The molecule has 1 fully saturated rings. The van der Waals surface area contributed by atoms with Gasteiger partial charge in [-0.05, 0) is 12.1 Å². The Morgan fingerprint density at radius 3 is 3.14 bits per heavy atom. The van der Waals surface area contributed by atoms with E-state index in [9.17, 15) is 4.79 Å². The van der Waals surface area contributed by atoms with Gasteiger partial charge >= 0.3 is 5.97 Å². The summed E-state index contributed by atoms with van der Waals surface area (Å²) in [7, 11) is 1.38. The molecule has 7 nitrogen and oxygen atoms in total. The van der Waals surface area contributed by atoms with E-state index < -0.39 is 0 Å². The normalized spacial score (nSPS) is 18.7. The second-order valence-electron chi connectivity index (χ2n) is 4.79. The maximum atomic E-state index is 11.3. The summed E-state index contributed by atoms with van der Waals surface area (Å²) in [5, 5.41) is 0. The van der Waals surface area contributed by atoms with Gasteiger partial charge in [0.25, 0.3) is 0 Å².